The van der Waals surface area contributed by atoms with Gasteiger partial charge in [-0.25, -0.2) is 9.78 Å². The largest absolute Gasteiger partial charge is 0.489 e. The Morgan fingerprint density at radius 1 is 1.04 bits per heavy atom. The number of benzene rings is 2. The Hall–Kier alpha value is -2.66. The highest BCUT2D eigenvalue weighted by molar-refractivity contribution is 7.11. The molecule has 25 heavy (non-hydrogen) atoms. The number of aryl methyl sites for hydroxylation is 1. The Bertz CT molecular complexity index is 788. The molecule has 3 aromatic rings. The van der Waals surface area contributed by atoms with Crippen molar-refractivity contribution in [2.24, 2.45) is 0 Å². The van der Waals surface area contributed by atoms with Crippen molar-refractivity contribution in [2.75, 3.05) is 6.61 Å². The van der Waals surface area contributed by atoms with E-state index in [4.69, 9.17) is 9.47 Å². The molecule has 0 saturated carbocycles. The van der Waals surface area contributed by atoms with Gasteiger partial charge in [-0.1, -0.05) is 48.5 Å². The van der Waals surface area contributed by atoms with Crippen molar-refractivity contribution in [3.63, 3.8) is 0 Å². The van der Waals surface area contributed by atoms with Crippen molar-refractivity contribution in [1.82, 2.24) is 4.98 Å². The van der Waals surface area contributed by atoms with Crippen molar-refractivity contribution < 1.29 is 14.3 Å². The summed E-state index contributed by atoms with van der Waals surface area (Å²) in [6, 6.07) is 18.1. The quantitative estimate of drug-likeness (QED) is 0.441. The molecule has 5 heteroatoms. The highest BCUT2D eigenvalue weighted by atomic mass is 32.1. The molecule has 0 unspecified atom stereocenters. The summed E-state index contributed by atoms with van der Waals surface area (Å²) in [7, 11) is 0. The second-order valence-electron chi connectivity index (χ2n) is 5.46. The average Bonchev–Trinajstić information content (AvgIpc) is 3.20. The number of ether oxygens (including phenoxy) is 2. The van der Waals surface area contributed by atoms with E-state index in [-0.39, 0.29) is 5.97 Å². The number of thiazole rings is 1. The molecule has 1 aromatic heterocycles. The predicted octanol–water partition coefficient (Wildman–Crippen LogP) is 4.51. The fraction of sp³-hybridized carbons (Fsp3) is 0.200. The number of esters is 1. The molecule has 0 aliphatic carbocycles. The molecule has 2 aromatic carbocycles. The van der Waals surface area contributed by atoms with E-state index in [1.54, 1.807) is 11.6 Å². The number of carbonyl (C=O) groups is 1. The molecule has 0 aliphatic heterocycles. The monoisotopic (exact) mass is 353 g/mol. The Kier molecular flexibility index (Phi) is 6.17. The summed E-state index contributed by atoms with van der Waals surface area (Å²) in [5.41, 5.74) is 2.25. The minimum absolute atomic E-state index is 0.358. The molecule has 128 valence electrons. The first-order chi connectivity index (χ1) is 12.3. The van der Waals surface area contributed by atoms with Gasteiger partial charge in [0, 0.05) is 11.6 Å². The smallest absolute Gasteiger partial charge is 0.367 e. The maximum absolute atomic E-state index is 11.7. The average molecular weight is 353 g/mol. The van der Waals surface area contributed by atoms with Gasteiger partial charge in [-0.3, -0.25) is 0 Å². The van der Waals surface area contributed by atoms with Crippen molar-refractivity contribution in [3.05, 3.63) is 82.3 Å². The summed E-state index contributed by atoms with van der Waals surface area (Å²) in [6.07, 6.45) is 3.13. The molecule has 1 heterocycles. The van der Waals surface area contributed by atoms with Crippen LogP contribution in [0.3, 0.4) is 0 Å². The predicted molar refractivity (Wildman–Crippen MR) is 97.9 cm³/mol. The zero-order valence-electron chi connectivity index (χ0n) is 13.8. The summed E-state index contributed by atoms with van der Waals surface area (Å²) in [6.45, 7) is 0.905. The van der Waals surface area contributed by atoms with Crippen LogP contribution >= 0.6 is 11.3 Å². The summed E-state index contributed by atoms with van der Waals surface area (Å²) < 4.78 is 11.2. The van der Waals surface area contributed by atoms with Gasteiger partial charge in [0.2, 0.25) is 5.01 Å². The molecule has 0 radical (unpaired) electrons. The fourth-order valence-corrected chi connectivity index (χ4v) is 2.93. The van der Waals surface area contributed by atoms with Gasteiger partial charge in [-0.15, -0.1) is 11.3 Å². The van der Waals surface area contributed by atoms with Crippen LogP contribution in [0.5, 0.6) is 5.75 Å². The lowest BCUT2D eigenvalue weighted by Gasteiger charge is -2.11. The van der Waals surface area contributed by atoms with E-state index >= 15 is 0 Å². The topological polar surface area (TPSA) is 48.4 Å². The molecule has 0 atom stereocenters. The Labute approximate surface area is 151 Å². The number of para-hydroxylation sites is 1. The van der Waals surface area contributed by atoms with E-state index in [0.29, 0.717) is 18.2 Å². The van der Waals surface area contributed by atoms with Gasteiger partial charge in [0.1, 0.15) is 12.4 Å². The third-order valence-corrected chi connectivity index (χ3v) is 4.39. The van der Waals surface area contributed by atoms with Gasteiger partial charge in [-0.05, 0) is 30.0 Å². The molecule has 0 N–H and O–H groups in total. The lowest BCUT2D eigenvalue weighted by atomic mass is 10.1. The molecule has 4 nitrogen and oxygen atoms in total. The third kappa shape index (κ3) is 5.16. The van der Waals surface area contributed by atoms with E-state index in [2.05, 4.69) is 4.98 Å². The number of hydrogen-bond acceptors (Lipinski definition) is 5. The van der Waals surface area contributed by atoms with Gasteiger partial charge >= 0.3 is 5.97 Å². The van der Waals surface area contributed by atoms with Crippen LogP contribution in [0.4, 0.5) is 0 Å². The molecule has 0 saturated heterocycles. The van der Waals surface area contributed by atoms with E-state index in [1.165, 1.54) is 11.3 Å². The fourth-order valence-electron chi connectivity index (χ4n) is 2.40. The zero-order chi connectivity index (χ0) is 17.3. The van der Waals surface area contributed by atoms with Crippen LogP contribution in [0.2, 0.25) is 0 Å². The molecular formula is C20H19NO3S. The minimum Gasteiger partial charge on any atom is -0.489 e. The van der Waals surface area contributed by atoms with Crippen LogP contribution in [-0.4, -0.2) is 17.6 Å². The minimum atomic E-state index is -0.358. The SMILES string of the molecule is O=C(OCCCc1ccccc1OCc1ccccc1)c1nccs1. The van der Waals surface area contributed by atoms with Crippen LogP contribution in [0.1, 0.15) is 27.3 Å². The maximum Gasteiger partial charge on any atom is 0.367 e. The number of nitrogens with zero attached hydrogens (tertiary/aromatic N) is 1. The zero-order valence-corrected chi connectivity index (χ0v) is 14.6. The second kappa shape index (κ2) is 8.99. The number of carbonyl (C=O) groups excluding carboxylic acids is 1. The highest BCUT2D eigenvalue weighted by Crippen LogP contribution is 2.21. The van der Waals surface area contributed by atoms with Crippen molar-refractivity contribution in [1.29, 1.82) is 0 Å². The first-order valence-electron chi connectivity index (χ1n) is 8.14. The lowest BCUT2D eigenvalue weighted by molar-refractivity contribution is 0.0500. The van der Waals surface area contributed by atoms with Gasteiger partial charge < -0.3 is 9.47 Å². The molecule has 3 rings (SSSR count). The molecule has 0 spiro atoms. The lowest BCUT2D eigenvalue weighted by Crippen LogP contribution is -2.07. The number of aromatic nitrogens is 1. The van der Waals surface area contributed by atoms with E-state index < -0.39 is 0 Å². The van der Waals surface area contributed by atoms with E-state index in [9.17, 15) is 4.79 Å². The van der Waals surface area contributed by atoms with Gasteiger partial charge in [0.15, 0.2) is 0 Å². The van der Waals surface area contributed by atoms with Crippen LogP contribution in [-0.2, 0) is 17.8 Å². The van der Waals surface area contributed by atoms with E-state index in [1.807, 2.05) is 54.6 Å². The van der Waals surface area contributed by atoms with Gasteiger partial charge in [-0.2, -0.15) is 0 Å². The van der Waals surface area contributed by atoms with Crippen LogP contribution < -0.4 is 4.74 Å². The van der Waals surface area contributed by atoms with Crippen molar-refractivity contribution in [3.8, 4) is 5.75 Å². The summed E-state index contributed by atoms with van der Waals surface area (Å²) in [5, 5.41) is 2.16. The highest BCUT2D eigenvalue weighted by Gasteiger charge is 2.10. The Balaban J connectivity index is 1.48. The Morgan fingerprint density at radius 3 is 2.64 bits per heavy atom. The Morgan fingerprint density at radius 2 is 1.84 bits per heavy atom. The van der Waals surface area contributed by atoms with Crippen LogP contribution in [0.25, 0.3) is 0 Å². The van der Waals surface area contributed by atoms with Crippen molar-refractivity contribution >= 4 is 17.3 Å². The first kappa shape index (κ1) is 17.2. The number of rotatable bonds is 8. The summed E-state index contributed by atoms with van der Waals surface area (Å²) in [4.78, 5) is 15.7. The third-order valence-electron chi connectivity index (χ3n) is 3.64. The molecule has 0 amide bonds. The van der Waals surface area contributed by atoms with Crippen LogP contribution in [0.15, 0.2) is 66.2 Å². The summed E-state index contributed by atoms with van der Waals surface area (Å²) >= 11 is 1.29. The molecular weight excluding hydrogens is 334 g/mol. The number of hydrogen-bond donors (Lipinski definition) is 0. The molecule has 0 aliphatic rings. The first-order valence-corrected chi connectivity index (χ1v) is 9.02. The van der Waals surface area contributed by atoms with E-state index in [0.717, 1.165) is 29.7 Å². The maximum atomic E-state index is 11.7. The van der Waals surface area contributed by atoms with Gasteiger partial charge in [0.25, 0.3) is 0 Å². The van der Waals surface area contributed by atoms with Crippen LogP contribution in [0, 0.1) is 0 Å². The molecule has 0 bridgehead atoms. The van der Waals surface area contributed by atoms with Crippen molar-refractivity contribution in [2.45, 2.75) is 19.4 Å². The van der Waals surface area contributed by atoms with Gasteiger partial charge in [0.05, 0.1) is 6.61 Å². The standard InChI is InChI=1S/C20H19NO3S/c22-20(19-21-12-14-25-19)23-13-6-10-17-9-4-5-11-18(17)24-15-16-7-2-1-3-8-16/h1-5,7-9,11-12,14H,6,10,13,15H2. The summed E-state index contributed by atoms with van der Waals surface area (Å²) in [5.74, 6) is 0.515. The normalized spacial score (nSPS) is 10.4. The second-order valence-corrected chi connectivity index (χ2v) is 6.35. The molecule has 0 fully saturated rings.